The van der Waals surface area contributed by atoms with Gasteiger partial charge in [0.2, 0.25) is 5.95 Å². The minimum Gasteiger partial charge on any atom is -0.340 e. The molecule has 5 heteroatoms. The summed E-state index contributed by atoms with van der Waals surface area (Å²) in [6.45, 7) is 9.45. The number of hydrogen-bond donors (Lipinski definition) is 0. The molecule has 1 saturated heterocycles. The van der Waals surface area contributed by atoms with Crippen LogP contribution in [0.3, 0.4) is 0 Å². The second-order valence-electron chi connectivity index (χ2n) is 5.89. The summed E-state index contributed by atoms with van der Waals surface area (Å²) in [6.07, 6.45) is 6.35. The molecule has 0 saturated carbocycles. The van der Waals surface area contributed by atoms with Crippen molar-refractivity contribution in [3.63, 3.8) is 0 Å². The van der Waals surface area contributed by atoms with E-state index in [1.807, 2.05) is 6.08 Å². The van der Waals surface area contributed by atoms with E-state index in [9.17, 15) is 0 Å². The van der Waals surface area contributed by atoms with Crippen LogP contribution in [-0.2, 0) is 6.54 Å². The molecule has 2 heterocycles. The average molecular weight is 307 g/mol. The summed E-state index contributed by atoms with van der Waals surface area (Å²) >= 11 is 6.35. The van der Waals surface area contributed by atoms with Crippen molar-refractivity contribution in [1.29, 1.82) is 0 Å². The molecule has 1 atom stereocenters. The first-order chi connectivity index (χ1) is 10.1. The average Bonchev–Trinajstić information content (AvgIpc) is 2.76. The zero-order valence-electron chi connectivity index (χ0n) is 13.0. The Morgan fingerprint density at radius 2 is 2.00 bits per heavy atom. The molecular formula is C16H23ClN4. The first-order valence-electron chi connectivity index (χ1n) is 7.69. The number of fused-ring (bicyclic) bond motifs is 1. The minimum atomic E-state index is 0.262. The molecule has 0 bridgehead atoms. The van der Waals surface area contributed by atoms with Crippen LogP contribution in [0.1, 0.15) is 25.2 Å². The standard InChI is InChI=1S/C16H23ClN4/c1-4-21-15-6-5-12(2)13(17)11-14(15)18-16(21)20-9-7-19(3)8-10-20/h5-6,11-12H,4,7-10H2,1-3H3. The Morgan fingerprint density at radius 3 is 2.67 bits per heavy atom. The third-order valence-corrected chi connectivity index (χ3v) is 4.82. The van der Waals surface area contributed by atoms with Crippen LogP contribution in [0, 0.1) is 5.92 Å². The number of anilines is 1. The van der Waals surface area contributed by atoms with E-state index >= 15 is 0 Å². The maximum atomic E-state index is 6.35. The molecule has 2 aliphatic rings. The summed E-state index contributed by atoms with van der Waals surface area (Å²) < 4.78 is 2.30. The number of halogens is 1. The lowest BCUT2D eigenvalue weighted by atomic mass is 10.1. The van der Waals surface area contributed by atoms with E-state index in [4.69, 9.17) is 16.6 Å². The van der Waals surface area contributed by atoms with Gasteiger partial charge in [0.05, 0.1) is 11.4 Å². The topological polar surface area (TPSA) is 24.3 Å². The smallest absolute Gasteiger partial charge is 0.206 e. The molecule has 1 aromatic rings. The van der Waals surface area contributed by atoms with Gasteiger partial charge in [-0.15, -0.1) is 0 Å². The second kappa shape index (κ2) is 5.85. The van der Waals surface area contributed by atoms with Gasteiger partial charge >= 0.3 is 0 Å². The van der Waals surface area contributed by atoms with Crippen LogP contribution in [0.4, 0.5) is 5.95 Å². The highest BCUT2D eigenvalue weighted by Gasteiger charge is 2.23. The van der Waals surface area contributed by atoms with Gasteiger partial charge in [0.25, 0.3) is 0 Å². The number of hydrogen-bond acceptors (Lipinski definition) is 3. The lowest BCUT2D eigenvalue weighted by Crippen LogP contribution is -2.45. The monoisotopic (exact) mass is 306 g/mol. The van der Waals surface area contributed by atoms with Gasteiger partial charge in [-0.05, 0) is 26.1 Å². The molecule has 3 rings (SSSR count). The highest BCUT2D eigenvalue weighted by Crippen LogP contribution is 2.30. The van der Waals surface area contributed by atoms with Crippen molar-refractivity contribution in [2.24, 2.45) is 5.92 Å². The Hall–Kier alpha value is -1.26. The molecule has 0 aromatic carbocycles. The van der Waals surface area contributed by atoms with Crippen LogP contribution >= 0.6 is 11.6 Å². The predicted molar refractivity (Wildman–Crippen MR) is 89.6 cm³/mol. The van der Waals surface area contributed by atoms with Crippen LogP contribution in [0.5, 0.6) is 0 Å². The van der Waals surface area contributed by atoms with E-state index in [0.29, 0.717) is 0 Å². The highest BCUT2D eigenvalue weighted by molar-refractivity contribution is 6.32. The number of piperazine rings is 1. The molecule has 1 aliphatic carbocycles. The summed E-state index contributed by atoms with van der Waals surface area (Å²) in [7, 11) is 2.17. The number of allylic oxidation sites excluding steroid dienone is 2. The Labute approximate surface area is 131 Å². The summed E-state index contributed by atoms with van der Waals surface area (Å²) in [5, 5.41) is 0.857. The van der Waals surface area contributed by atoms with E-state index in [1.54, 1.807) is 0 Å². The fourth-order valence-corrected chi connectivity index (χ4v) is 3.08. The molecule has 21 heavy (non-hydrogen) atoms. The minimum absolute atomic E-state index is 0.262. The fraction of sp³-hybridized carbons (Fsp3) is 0.562. The Balaban J connectivity index is 1.99. The lowest BCUT2D eigenvalue weighted by Gasteiger charge is -2.33. The van der Waals surface area contributed by atoms with Gasteiger partial charge in [0.1, 0.15) is 0 Å². The molecule has 114 valence electrons. The fourth-order valence-electron chi connectivity index (χ4n) is 2.90. The lowest BCUT2D eigenvalue weighted by molar-refractivity contribution is 0.310. The van der Waals surface area contributed by atoms with Crippen LogP contribution in [0.2, 0.25) is 0 Å². The molecule has 4 nitrogen and oxygen atoms in total. The van der Waals surface area contributed by atoms with E-state index in [0.717, 1.165) is 49.4 Å². The van der Waals surface area contributed by atoms with Gasteiger partial charge < -0.3 is 14.4 Å². The molecule has 1 aliphatic heterocycles. The summed E-state index contributed by atoms with van der Waals surface area (Å²) in [5.74, 6) is 1.34. The Kier molecular flexibility index (Phi) is 4.09. The first-order valence-corrected chi connectivity index (χ1v) is 8.07. The largest absolute Gasteiger partial charge is 0.340 e. The highest BCUT2D eigenvalue weighted by atomic mass is 35.5. The predicted octanol–water partition coefficient (Wildman–Crippen LogP) is 2.90. The van der Waals surface area contributed by atoms with Crippen LogP contribution < -0.4 is 4.90 Å². The molecule has 0 radical (unpaired) electrons. The summed E-state index contributed by atoms with van der Waals surface area (Å²) in [5.41, 5.74) is 2.17. The number of rotatable bonds is 2. The zero-order chi connectivity index (χ0) is 15.0. The normalized spacial score (nSPS) is 23.0. The molecule has 0 spiro atoms. The first kappa shape index (κ1) is 14.7. The maximum absolute atomic E-state index is 6.35. The van der Waals surface area contributed by atoms with Crippen LogP contribution in [0.15, 0.2) is 11.1 Å². The van der Waals surface area contributed by atoms with Gasteiger partial charge in [-0.25, -0.2) is 4.98 Å². The van der Waals surface area contributed by atoms with E-state index < -0.39 is 0 Å². The van der Waals surface area contributed by atoms with Gasteiger partial charge in [0.15, 0.2) is 0 Å². The van der Waals surface area contributed by atoms with E-state index in [1.165, 1.54) is 5.69 Å². The molecule has 0 N–H and O–H groups in total. The number of imidazole rings is 1. The summed E-state index contributed by atoms with van der Waals surface area (Å²) in [6, 6.07) is 0. The van der Waals surface area contributed by atoms with Gasteiger partial charge in [-0.3, -0.25) is 0 Å². The maximum Gasteiger partial charge on any atom is 0.206 e. The molecule has 1 unspecified atom stereocenters. The van der Waals surface area contributed by atoms with Crippen molar-refractivity contribution in [2.75, 3.05) is 38.1 Å². The quantitative estimate of drug-likeness (QED) is 0.840. The Morgan fingerprint density at radius 1 is 1.29 bits per heavy atom. The number of aromatic nitrogens is 2. The number of likely N-dealkylation sites (N-methyl/N-ethyl adjacent to an activating group) is 1. The van der Waals surface area contributed by atoms with Crippen molar-refractivity contribution in [3.8, 4) is 0 Å². The van der Waals surface area contributed by atoms with Crippen LogP contribution in [0.25, 0.3) is 12.2 Å². The van der Waals surface area contributed by atoms with Crippen molar-refractivity contribution in [3.05, 3.63) is 22.5 Å². The van der Waals surface area contributed by atoms with Crippen LogP contribution in [-0.4, -0.2) is 47.7 Å². The number of nitrogens with zero attached hydrogens (tertiary/aromatic N) is 4. The molecular weight excluding hydrogens is 284 g/mol. The molecule has 0 amide bonds. The van der Waals surface area contributed by atoms with Crippen molar-refractivity contribution in [2.45, 2.75) is 20.4 Å². The van der Waals surface area contributed by atoms with E-state index in [2.05, 4.69) is 47.4 Å². The van der Waals surface area contributed by atoms with Gasteiger partial charge in [-0.1, -0.05) is 24.6 Å². The summed E-state index contributed by atoms with van der Waals surface area (Å²) in [4.78, 5) is 9.62. The zero-order valence-corrected chi connectivity index (χ0v) is 13.8. The third kappa shape index (κ3) is 2.74. The van der Waals surface area contributed by atoms with Gasteiger partial charge in [-0.2, -0.15) is 0 Å². The van der Waals surface area contributed by atoms with Crippen molar-refractivity contribution in [1.82, 2.24) is 14.5 Å². The van der Waals surface area contributed by atoms with E-state index in [-0.39, 0.29) is 5.92 Å². The van der Waals surface area contributed by atoms with Gasteiger partial charge in [0, 0.05) is 43.7 Å². The van der Waals surface area contributed by atoms with Crippen molar-refractivity contribution >= 4 is 29.7 Å². The molecule has 1 aromatic heterocycles. The molecule has 1 fully saturated rings. The Bertz CT molecular complexity index is 579. The second-order valence-corrected chi connectivity index (χ2v) is 6.33. The third-order valence-electron chi connectivity index (χ3n) is 4.37. The SMILES string of the molecule is CCn1c(N2CCN(C)CC2)nc2c1C=CC(C)C(Cl)=C2. The van der Waals surface area contributed by atoms with Crippen molar-refractivity contribution < 1.29 is 0 Å².